The van der Waals surface area contributed by atoms with Gasteiger partial charge in [-0.2, -0.15) is 0 Å². The highest BCUT2D eigenvalue weighted by Crippen LogP contribution is 2.40. The van der Waals surface area contributed by atoms with E-state index in [0.717, 1.165) is 11.3 Å². The van der Waals surface area contributed by atoms with Crippen molar-refractivity contribution in [3.05, 3.63) is 29.3 Å². The highest BCUT2D eigenvalue weighted by molar-refractivity contribution is 7.91. The van der Waals surface area contributed by atoms with Crippen LogP contribution in [0.3, 0.4) is 0 Å². The Hall–Kier alpha value is -1.07. The standard InChI is InChI=1S/C14H18ClNO3S/c1-8(20(4,18)19)12(15)9-5-6-11-10(7-9)14(2,3)13(17)16-11/h5-8,12H,1-4H3,(H,16,17). The predicted molar refractivity (Wildman–Crippen MR) is 81.0 cm³/mol. The number of sulfone groups is 1. The molecular weight excluding hydrogens is 298 g/mol. The summed E-state index contributed by atoms with van der Waals surface area (Å²) in [5.74, 6) is -0.0630. The van der Waals surface area contributed by atoms with Crippen LogP contribution < -0.4 is 5.32 Å². The van der Waals surface area contributed by atoms with Gasteiger partial charge in [0, 0.05) is 11.9 Å². The number of anilines is 1. The van der Waals surface area contributed by atoms with E-state index < -0.39 is 25.9 Å². The Labute approximate surface area is 124 Å². The molecule has 2 unspecified atom stereocenters. The zero-order valence-electron chi connectivity index (χ0n) is 11.9. The molecule has 0 saturated carbocycles. The number of carbonyl (C=O) groups excluding carboxylic acids is 1. The Morgan fingerprint density at radius 3 is 2.45 bits per heavy atom. The number of carbonyl (C=O) groups is 1. The number of rotatable bonds is 3. The van der Waals surface area contributed by atoms with Crippen LogP contribution in [0.5, 0.6) is 0 Å². The van der Waals surface area contributed by atoms with Crippen molar-refractivity contribution >= 4 is 33.0 Å². The molecule has 0 fully saturated rings. The smallest absolute Gasteiger partial charge is 0.234 e. The quantitative estimate of drug-likeness (QED) is 0.872. The molecule has 0 saturated heterocycles. The van der Waals surface area contributed by atoms with Gasteiger partial charge in [0.25, 0.3) is 0 Å². The monoisotopic (exact) mass is 315 g/mol. The second kappa shape index (κ2) is 4.74. The fourth-order valence-corrected chi connectivity index (χ4v) is 3.54. The minimum absolute atomic E-state index is 0.0630. The summed E-state index contributed by atoms with van der Waals surface area (Å²) in [6.07, 6.45) is 1.18. The van der Waals surface area contributed by atoms with Gasteiger partial charge in [-0.25, -0.2) is 8.42 Å². The van der Waals surface area contributed by atoms with E-state index in [1.54, 1.807) is 19.1 Å². The molecule has 0 spiro atoms. The number of nitrogens with one attached hydrogen (secondary N) is 1. The Morgan fingerprint density at radius 2 is 1.90 bits per heavy atom. The van der Waals surface area contributed by atoms with E-state index in [4.69, 9.17) is 11.6 Å². The molecule has 6 heteroatoms. The van der Waals surface area contributed by atoms with E-state index in [0.29, 0.717) is 5.56 Å². The lowest BCUT2D eigenvalue weighted by molar-refractivity contribution is -0.119. The van der Waals surface area contributed by atoms with E-state index in [1.807, 2.05) is 19.9 Å². The third kappa shape index (κ3) is 2.44. The molecule has 1 aromatic rings. The number of fused-ring (bicyclic) bond motifs is 1. The van der Waals surface area contributed by atoms with Gasteiger partial charge >= 0.3 is 0 Å². The lowest BCUT2D eigenvalue weighted by atomic mass is 9.85. The fraction of sp³-hybridized carbons (Fsp3) is 0.500. The summed E-state index contributed by atoms with van der Waals surface area (Å²) in [4.78, 5) is 11.9. The molecule has 1 aromatic carbocycles. The van der Waals surface area contributed by atoms with E-state index in [1.165, 1.54) is 6.26 Å². The zero-order valence-corrected chi connectivity index (χ0v) is 13.5. The molecule has 0 bridgehead atoms. The van der Waals surface area contributed by atoms with Gasteiger partial charge < -0.3 is 5.32 Å². The predicted octanol–water partition coefficient (Wildman–Crippen LogP) is 2.63. The molecule has 20 heavy (non-hydrogen) atoms. The van der Waals surface area contributed by atoms with E-state index in [-0.39, 0.29) is 5.91 Å². The van der Waals surface area contributed by atoms with E-state index >= 15 is 0 Å². The number of benzene rings is 1. The summed E-state index contributed by atoms with van der Waals surface area (Å²) < 4.78 is 23.2. The Kier molecular flexibility index (Phi) is 3.63. The van der Waals surface area contributed by atoms with Crippen molar-refractivity contribution in [1.82, 2.24) is 0 Å². The first kappa shape index (κ1) is 15.3. The third-order valence-corrected chi connectivity index (χ3v) is 6.34. The van der Waals surface area contributed by atoms with Crippen LogP contribution in [0.4, 0.5) is 5.69 Å². The number of amides is 1. The van der Waals surface area contributed by atoms with Crippen molar-refractivity contribution in [3.8, 4) is 0 Å². The van der Waals surface area contributed by atoms with Crippen LogP contribution in [0, 0.1) is 0 Å². The third-order valence-electron chi connectivity index (χ3n) is 3.94. The SMILES string of the molecule is CC(C(Cl)c1ccc2c(c1)C(C)(C)C(=O)N2)S(C)(=O)=O. The normalized spacial score (nSPS) is 20.1. The molecule has 1 heterocycles. The van der Waals surface area contributed by atoms with Crippen LogP contribution in [0.1, 0.15) is 37.3 Å². The maximum Gasteiger partial charge on any atom is 0.234 e. The maximum absolute atomic E-state index is 11.9. The van der Waals surface area contributed by atoms with E-state index in [2.05, 4.69) is 5.32 Å². The minimum Gasteiger partial charge on any atom is -0.325 e. The highest BCUT2D eigenvalue weighted by Gasteiger charge is 2.39. The molecule has 2 atom stereocenters. The Morgan fingerprint density at radius 1 is 1.30 bits per heavy atom. The first-order chi connectivity index (χ1) is 9.05. The first-order valence-electron chi connectivity index (χ1n) is 6.34. The number of hydrogen-bond acceptors (Lipinski definition) is 3. The van der Waals surface area contributed by atoms with Crippen molar-refractivity contribution in [2.24, 2.45) is 0 Å². The van der Waals surface area contributed by atoms with Crippen LogP contribution in [-0.4, -0.2) is 25.8 Å². The number of halogens is 1. The van der Waals surface area contributed by atoms with Gasteiger partial charge in [0.1, 0.15) is 0 Å². The van der Waals surface area contributed by atoms with Gasteiger partial charge in [-0.15, -0.1) is 11.6 Å². The van der Waals surface area contributed by atoms with Gasteiger partial charge in [0.2, 0.25) is 5.91 Å². The topological polar surface area (TPSA) is 63.2 Å². The second-order valence-electron chi connectivity index (χ2n) is 5.82. The molecule has 2 rings (SSSR count). The Bertz CT molecular complexity index is 667. The molecule has 4 nitrogen and oxygen atoms in total. The van der Waals surface area contributed by atoms with Crippen molar-refractivity contribution < 1.29 is 13.2 Å². The first-order valence-corrected chi connectivity index (χ1v) is 8.73. The summed E-state index contributed by atoms with van der Waals surface area (Å²) in [5.41, 5.74) is 1.70. The van der Waals surface area contributed by atoms with Crippen LogP contribution in [-0.2, 0) is 20.0 Å². The zero-order chi connectivity index (χ0) is 15.3. The minimum atomic E-state index is -3.22. The van der Waals surface area contributed by atoms with Crippen molar-refractivity contribution in [1.29, 1.82) is 0 Å². The largest absolute Gasteiger partial charge is 0.325 e. The van der Waals surface area contributed by atoms with Crippen LogP contribution in [0.25, 0.3) is 0 Å². The fourth-order valence-electron chi connectivity index (χ4n) is 2.25. The lowest BCUT2D eigenvalue weighted by Crippen LogP contribution is -2.27. The average Bonchev–Trinajstić information content (AvgIpc) is 2.57. The summed E-state index contributed by atoms with van der Waals surface area (Å²) in [5, 5.41) is 1.49. The summed E-state index contributed by atoms with van der Waals surface area (Å²) in [7, 11) is -3.22. The molecule has 0 radical (unpaired) electrons. The molecule has 1 aliphatic rings. The summed E-state index contributed by atoms with van der Waals surface area (Å²) in [6, 6.07) is 5.37. The molecule has 1 amide bonds. The van der Waals surface area contributed by atoms with E-state index in [9.17, 15) is 13.2 Å². The molecule has 0 aromatic heterocycles. The van der Waals surface area contributed by atoms with Gasteiger partial charge in [-0.3, -0.25) is 4.79 Å². The summed E-state index contributed by atoms with van der Waals surface area (Å²) in [6.45, 7) is 5.26. The molecule has 1 aliphatic heterocycles. The van der Waals surface area contributed by atoms with Gasteiger partial charge in [0.05, 0.1) is 16.0 Å². The van der Waals surface area contributed by atoms with Gasteiger partial charge in [0.15, 0.2) is 9.84 Å². The van der Waals surface area contributed by atoms with Gasteiger partial charge in [-0.05, 0) is 38.0 Å². The number of hydrogen-bond donors (Lipinski definition) is 1. The number of alkyl halides is 1. The van der Waals surface area contributed by atoms with Crippen molar-refractivity contribution in [2.45, 2.75) is 36.8 Å². The average molecular weight is 316 g/mol. The highest BCUT2D eigenvalue weighted by atomic mass is 35.5. The molecule has 110 valence electrons. The lowest BCUT2D eigenvalue weighted by Gasteiger charge is -2.20. The van der Waals surface area contributed by atoms with Crippen LogP contribution in [0.15, 0.2) is 18.2 Å². The van der Waals surface area contributed by atoms with Crippen molar-refractivity contribution in [2.75, 3.05) is 11.6 Å². The molecule has 1 N–H and O–H groups in total. The van der Waals surface area contributed by atoms with Gasteiger partial charge in [-0.1, -0.05) is 12.1 Å². The second-order valence-corrected chi connectivity index (χ2v) is 8.69. The molecule has 0 aliphatic carbocycles. The summed E-state index contributed by atoms with van der Waals surface area (Å²) >= 11 is 6.29. The van der Waals surface area contributed by atoms with Crippen LogP contribution >= 0.6 is 11.6 Å². The maximum atomic E-state index is 11.9. The molecular formula is C14H18ClNO3S. The van der Waals surface area contributed by atoms with Crippen LogP contribution in [0.2, 0.25) is 0 Å². The van der Waals surface area contributed by atoms with Crippen molar-refractivity contribution in [3.63, 3.8) is 0 Å². The Balaban J connectivity index is 2.43.